The van der Waals surface area contributed by atoms with Crippen LogP contribution in [0.15, 0.2) is 0 Å². The van der Waals surface area contributed by atoms with Gasteiger partial charge in [0.15, 0.2) is 0 Å². The van der Waals surface area contributed by atoms with Crippen LogP contribution in [0.1, 0.15) is 40.5 Å². The summed E-state index contributed by atoms with van der Waals surface area (Å²) < 4.78 is 5.15. The normalized spacial score (nSPS) is 13.5. The van der Waals surface area contributed by atoms with Crippen molar-refractivity contribution < 1.29 is 9.53 Å². The molecule has 0 radical (unpaired) electrons. The lowest BCUT2D eigenvalue weighted by atomic mass is 9.93. The van der Waals surface area contributed by atoms with Gasteiger partial charge in [-0.2, -0.15) is 0 Å². The zero-order valence-corrected chi connectivity index (χ0v) is 12.0. The number of rotatable bonds is 8. The lowest BCUT2D eigenvalue weighted by molar-refractivity contribution is -0.133. The van der Waals surface area contributed by atoms with E-state index in [0.717, 1.165) is 19.5 Å². The Kier molecular flexibility index (Phi) is 7.39. The summed E-state index contributed by atoms with van der Waals surface area (Å²) in [5.74, 6) is 0.193. The summed E-state index contributed by atoms with van der Waals surface area (Å²) in [7, 11) is 1.67. The number of hydrogen-bond acceptors (Lipinski definition) is 3. The molecule has 17 heavy (non-hydrogen) atoms. The van der Waals surface area contributed by atoms with E-state index >= 15 is 0 Å². The van der Waals surface area contributed by atoms with E-state index in [2.05, 4.69) is 13.8 Å². The maximum Gasteiger partial charge on any atom is 0.222 e. The van der Waals surface area contributed by atoms with Crippen LogP contribution in [0, 0.1) is 5.41 Å². The van der Waals surface area contributed by atoms with E-state index in [4.69, 9.17) is 10.5 Å². The van der Waals surface area contributed by atoms with Gasteiger partial charge in [0.2, 0.25) is 5.91 Å². The van der Waals surface area contributed by atoms with Crippen LogP contribution < -0.4 is 5.73 Å². The zero-order chi connectivity index (χ0) is 13.5. The van der Waals surface area contributed by atoms with Gasteiger partial charge in [-0.05, 0) is 32.2 Å². The van der Waals surface area contributed by atoms with Crippen LogP contribution in [0.2, 0.25) is 0 Å². The van der Waals surface area contributed by atoms with Crippen LogP contribution in [0.5, 0.6) is 0 Å². The summed E-state index contributed by atoms with van der Waals surface area (Å²) in [5, 5.41) is 0. The maximum absolute atomic E-state index is 12.0. The van der Waals surface area contributed by atoms with E-state index in [1.165, 1.54) is 0 Å². The van der Waals surface area contributed by atoms with E-state index in [1.54, 1.807) is 7.11 Å². The van der Waals surface area contributed by atoms with E-state index in [9.17, 15) is 4.79 Å². The Balaban J connectivity index is 4.22. The molecule has 2 N–H and O–H groups in total. The van der Waals surface area contributed by atoms with Crippen LogP contribution in [0.4, 0.5) is 0 Å². The summed E-state index contributed by atoms with van der Waals surface area (Å²) in [6.07, 6.45) is 1.46. The molecule has 0 aromatic rings. The first-order valence-corrected chi connectivity index (χ1v) is 6.37. The summed E-state index contributed by atoms with van der Waals surface area (Å²) in [6.45, 7) is 10.2. The molecule has 102 valence electrons. The third-order valence-corrected chi connectivity index (χ3v) is 3.07. The summed E-state index contributed by atoms with van der Waals surface area (Å²) >= 11 is 0. The SMILES string of the molecule is CCN(CC(C)(C)CN)C(=O)CCC(C)OC. The number of carbonyl (C=O) groups excluding carboxylic acids is 1. The van der Waals surface area contributed by atoms with Crippen molar-refractivity contribution in [3.05, 3.63) is 0 Å². The molecule has 4 heteroatoms. The molecular weight excluding hydrogens is 216 g/mol. The lowest BCUT2D eigenvalue weighted by Gasteiger charge is -2.31. The minimum Gasteiger partial charge on any atom is -0.382 e. The number of nitrogens with two attached hydrogens (primary N) is 1. The summed E-state index contributed by atoms with van der Waals surface area (Å²) in [4.78, 5) is 13.9. The highest BCUT2D eigenvalue weighted by Crippen LogP contribution is 2.16. The number of carbonyl (C=O) groups is 1. The van der Waals surface area contributed by atoms with Crippen molar-refractivity contribution >= 4 is 5.91 Å². The molecule has 0 heterocycles. The number of hydrogen-bond donors (Lipinski definition) is 1. The number of methoxy groups -OCH3 is 1. The fourth-order valence-electron chi connectivity index (χ4n) is 1.56. The van der Waals surface area contributed by atoms with E-state index in [0.29, 0.717) is 13.0 Å². The minimum atomic E-state index is -0.0153. The second kappa shape index (κ2) is 7.67. The van der Waals surface area contributed by atoms with E-state index < -0.39 is 0 Å². The molecule has 0 rings (SSSR count). The van der Waals surface area contributed by atoms with Crippen molar-refractivity contribution in [2.24, 2.45) is 11.1 Å². The molecule has 0 aliphatic carbocycles. The Bertz CT molecular complexity index is 229. The van der Waals surface area contributed by atoms with Crippen molar-refractivity contribution in [2.45, 2.75) is 46.6 Å². The second-order valence-electron chi connectivity index (χ2n) is 5.36. The second-order valence-corrected chi connectivity index (χ2v) is 5.36. The number of ether oxygens (including phenoxy) is 1. The standard InChI is InChI=1S/C13H28N2O2/c1-6-15(10-13(3,4)9-14)12(16)8-7-11(2)17-5/h11H,6-10,14H2,1-5H3. The molecule has 1 atom stereocenters. The van der Waals surface area contributed by atoms with Crippen molar-refractivity contribution in [2.75, 3.05) is 26.7 Å². The highest BCUT2D eigenvalue weighted by atomic mass is 16.5. The molecule has 0 bridgehead atoms. The average molecular weight is 244 g/mol. The molecule has 4 nitrogen and oxygen atoms in total. The fourth-order valence-corrected chi connectivity index (χ4v) is 1.56. The first-order valence-electron chi connectivity index (χ1n) is 6.37. The van der Waals surface area contributed by atoms with Crippen LogP contribution in [0.3, 0.4) is 0 Å². The monoisotopic (exact) mass is 244 g/mol. The van der Waals surface area contributed by atoms with Gasteiger partial charge in [-0.25, -0.2) is 0 Å². The molecular formula is C13H28N2O2. The predicted molar refractivity (Wildman–Crippen MR) is 70.8 cm³/mol. The molecule has 0 saturated heterocycles. The van der Waals surface area contributed by atoms with Gasteiger partial charge in [0.25, 0.3) is 0 Å². The molecule has 0 aliphatic rings. The van der Waals surface area contributed by atoms with Crippen LogP contribution in [-0.2, 0) is 9.53 Å². The molecule has 0 fully saturated rings. The van der Waals surface area contributed by atoms with Crippen LogP contribution in [0.25, 0.3) is 0 Å². The molecule has 0 aliphatic heterocycles. The van der Waals surface area contributed by atoms with Crippen LogP contribution in [-0.4, -0.2) is 43.7 Å². The molecule has 1 amide bonds. The van der Waals surface area contributed by atoms with Crippen molar-refractivity contribution in [1.29, 1.82) is 0 Å². The Hall–Kier alpha value is -0.610. The highest BCUT2D eigenvalue weighted by Gasteiger charge is 2.22. The summed E-state index contributed by atoms with van der Waals surface area (Å²) in [6, 6.07) is 0. The van der Waals surface area contributed by atoms with Gasteiger partial charge in [-0.1, -0.05) is 13.8 Å². The van der Waals surface area contributed by atoms with Gasteiger partial charge in [-0.15, -0.1) is 0 Å². The Morgan fingerprint density at radius 2 is 2.06 bits per heavy atom. The smallest absolute Gasteiger partial charge is 0.222 e. The average Bonchev–Trinajstić information content (AvgIpc) is 2.32. The third kappa shape index (κ3) is 6.64. The lowest BCUT2D eigenvalue weighted by Crippen LogP contribution is -2.42. The van der Waals surface area contributed by atoms with Crippen molar-refractivity contribution in [1.82, 2.24) is 4.90 Å². The maximum atomic E-state index is 12.0. The quantitative estimate of drug-likeness (QED) is 0.706. The Morgan fingerprint density at radius 1 is 1.47 bits per heavy atom. The number of amides is 1. The Labute approximate surface area is 105 Å². The zero-order valence-electron chi connectivity index (χ0n) is 12.0. The Morgan fingerprint density at radius 3 is 2.47 bits per heavy atom. The third-order valence-electron chi connectivity index (χ3n) is 3.07. The fraction of sp³-hybridized carbons (Fsp3) is 0.923. The van der Waals surface area contributed by atoms with Crippen molar-refractivity contribution in [3.63, 3.8) is 0 Å². The van der Waals surface area contributed by atoms with E-state index in [-0.39, 0.29) is 17.4 Å². The van der Waals surface area contributed by atoms with Crippen LogP contribution >= 0.6 is 0 Å². The number of nitrogens with zero attached hydrogens (tertiary/aromatic N) is 1. The van der Waals surface area contributed by atoms with E-state index in [1.807, 2.05) is 18.7 Å². The predicted octanol–water partition coefficient (Wildman–Crippen LogP) is 1.63. The largest absolute Gasteiger partial charge is 0.382 e. The highest BCUT2D eigenvalue weighted by molar-refractivity contribution is 5.76. The molecule has 0 aromatic carbocycles. The van der Waals surface area contributed by atoms with Crippen molar-refractivity contribution in [3.8, 4) is 0 Å². The van der Waals surface area contributed by atoms with Gasteiger partial charge >= 0.3 is 0 Å². The first kappa shape index (κ1) is 16.4. The topological polar surface area (TPSA) is 55.6 Å². The van der Waals surface area contributed by atoms with Gasteiger partial charge in [0.05, 0.1) is 6.10 Å². The van der Waals surface area contributed by atoms with Gasteiger partial charge < -0.3 is 15.4 Å². The van der Waals surface area contributed by atoms with Gasteiger partial charge in [0.1, 0.15) is 0 Å². The molecule has 0 spiro atoms. The first-order chi connectivity index (χ1) is 7.86. The minimum absolute atomic E-state index is 0.0153. The van der Waals surface area contributed by atoms with Gasteiger partial charge in [0, 0.05) is 26.6 Å². The molecule has 0 aromatic heterocycles. The molecule has 1 unspecified atom stereocenters. The van der Waals surface area contributed by atoms with Gasteiger partial charge in [-0.3, -0.25) is 4.79 Å². The molecule has 0 saturated carbocycles. The summed E-state index contributed by atoms with van der Waals surface area (Å²) in [5.41, 5.74) is 5.68.